The molecule has 0 N–H and O–H groups in total. The van der Waals surface area contributed by atoms with Crippen LogP contribution in [0.3, 0.4) is 0 Å². The summed E-state index contributed by atoms with van der Waals surface area (Å²) >= 11 is 3.96. The monoisotopic (exact) mass is 620 g/mol. The Morgan fingerprint density at radius 3 is 2.20 bits per heavy atom. The van der Waals surface area contributed by atoms with Gasteiger partial charge in [0.1, 0.15) is 0 Å². The SMILES string of the molecule is CN(C)CC/C=C1/c2ccccc2-c2sc3cc(CN4CCC(=C5c6ccccc6-c6c5sc5ccccc65)CC4)ccc3c21. The molecule has 0 atom stereocenters. The lowest BCUT2D eigenvalue weighted by atomic mass is 9.94. The number of piperidine rings is 1. The average Bonchev–Trinajstić information content (AvgIpc) is 3.78. The van der Waals surface area contributed by atoms with Gasteiger partial charge in [-0.25, -0.2) is 0 Å². The molecule has 3 aliphatic rings. The van der Waals surface area contributed by atoms with Crippen molar-refractivity contribution < 1.29 is 0 Å². The predicted octanol–water partition coefficient (Wildman–Crippen LogP) is 10.6. The molecule has 6 aromatic rings. The molecule has 45 heavy (non-hydrogen) atoms. The summed E-state index contributed by atoms with van der Waals surface area (Å²) in [4.78, 5) is 7.88. The molecule has 2 aromatic heterocycles. The molecule has 4 aromatic carbocycles. The Morgan fingerprint density at radius 1 is 0.689 bits per heavy atom. The molecule has 1 aliphatic heterocycles. The number of thiophene rings is 2. The number of fused-ring (bicyclic) bond motifs is 10. The van der Waals surface area contributed by atoms with Gasteiger partial charge in [-0.2, -0.15) is 0 Å². The maximum atomic E-state index is 2.67. The molecule has 2 nitrogen and oxygen atoms in total. The van der Waals surface area contributed by atoms with Crippen LogP contribution in [0.15, 0.2) is 103 Å². The number of rotatable bonds is 5. The Balaban J connectivity index is 0.987. The van der Waals surface area contributed by atoms with Crippen LogP contribution >= 0.6 is 22.7 Å². The second kappa shape index (κ2) is 10.9. The highest BCUT2D eigenvalue weighted by Crippen LogP contribution is 2.54. The highest BCUT2D eigenvalue weighted by Gasteiger charge is 2.31. The molecule has 0 radical (unpaired) electrons. The van der Waals surface area contributed by atoms with Crippen molar-refractivity contribution in [3.8, 4) is 21.6 Å². The second-order valence-electron chi connectivity index (χ2n) is 13.0. The van der Waals surface area contributed by atoms with Gasteiger partial charge < -0.3 is 4.90 Å². The van der Waals surface area contributed by atoms with Crippen molar-refractivity contribution >= 4 is 54.0 Å². The van der Waals surface area contributed by atoms with Gasteiger partial charge in [-0.1, -0.05) is 90.5 Å². The van der Waals surface area contributed by atoms with E-state index in [-0.39, 0.29) is 0 Å². The van der Waals surface area contributed by atoms with Crippen molar-refractivity contribution in [3.63, 3.8) is 0 Å². The first-order valence-electron chi connectivity index (χ1n) is 16.2. The van der Waals surface area contributed by atoms with Crippen LogP contribution in [0.25, 0.3) is 52.9 Å². The molecular formula is C41H36N2S2. The molecule has 0 spiro atoms. The van der Waals surface area contributed by atoms with Gasteiger partial charge in [-0.05, 0) is 78.9 Å². The Labute approximate surface area is 273 Å². The number of benzene rings is 4. The molecule has 1 fully saturated rings. The minimum absolute atomic E-state index is 1.02. The lowest BCUT2D eigenvalue weighted by Crippen LogP contribution is -2.30. The van der Waals surface area contributed by atoms with Gasteiger partial charge in [-0.3, -0.25) is 4.90 Å². The highest BCUT2D eigenvalue weighted by molar-refractivity contribution is 7.23. The van der Waals surface area contributed by atoms with Crippen molar-refractivity contribution in [1.82, 2.24) is 9.80 Å². The third kappa shape index (κ3) is 4.50. The summed E-state index contributed by atoms with van der Waals surface area (Å²) in [5.74, 6) is 0. The summed E-state index contributed by atoms with van der Waals surface area (Å²) in [5, 5.41) is 2.82. The van der Waals surface area contributed by atoms with E-state index in [1.165, 1.54) is 80.0 Å². The number of hydrogen-bond donors (Lipinski definition) is 0. The van der Waals surface area contributed by atoms with Crippen LogP contribution < -0.4 is 0 Å². The fourth-order valence-electron chi connectivity index (χ4n) is 7.80. The van der Waals surface area contributed by atoms with Crippen LogP contribution in [-0.4, -0.2) is 43.5 Å². The summed E-state index contributed by atoms with van der Waals surface area (Å²) < 4.78 is 2.83. The Morgan fingerprint density at radius 2 is 1.38 bits per heavy atom. The lowest BCUT2D eigenvalue weighted by molar-refractivity contribution is 0.249. The Bertz CT molecular complexity index is 2180. The molecule has 3 heterocycles. The van der Waals surface area contributed by atoms with E-state index in [4.69, 9.17) is 0 Å². The summed E-state index contributed by atoms with van der Waals surface area (Å²) in [6, 6.07) is 34.3. The first kappa shape index (κ1) is 27.5. The molecule has 1 saturated heterocycles. The van der Waals surface area contributed by atoms with Gasteiger partial charge in [0, 0.05) is 72.8 Å². The van der Waals surface area contributed by atoms with Crippen LogP contribution in [0, 0.1) is 0 Å². The van der Waals surface area contributed by atoms with E-state index in [0.717, 1.165) is 45.4 Å². The Kier molecular flexibility index (Phi) is 6.68. The number of nitrogens with zero attached hydrogens (tertiary/aromatic N) is 2. The quantitative estimate of drug-likeness (QED) is 0.189. The molecule has 0 bridgehead atoms. The Hall–Kier alpha value is -3.80. The van der Waals surface area contributed by atoms with E-state index in [0.29, 0.717) is 0 Å². The smallest absolute Gasteiger partial charge is 0.0440 e. The van der Waals surface area contributed by atoms with Crippen LogP contribution in [0.4, 0.5) is 0 Å². The van der Waals surface area contributed by atoms with Crippen LogP contribution in [0.1, 0.15) is 46.4 Å². The maximum absolute atomic E-state index is 2.67. The summed E-state index contributed by atoms with van der Waals surface area (Å²) in [5.41, 5.74) is 14.6. The van der Waals surface area contributed by atoms with Crippen LogP contribution in [-0.2, 0) is 6.54 Å². The number of likely N-dealkylation sites (tertiary alicyclic amines) is 1. The molecule has 0 amide bonds. The molecule has 0 unspecified atom stereocenters. The minimum atomic E-state index is 1.02. The largest absolute Gasteiger partial charge is 0.309 e. The van der Waals surface area contributed by atoms with Gasteiger partial charge in [0.05, 0.1) is 0 Å². The predicted molar refractivity (Wildman–Crippen MR) is 195 cm³/mol. The van der Waals surface area contributed by atoms with Crippen LogP contribution in [0.5, 0.6) is 0 Å². The molecular weight excluding hydrogens is 585 g/mol. The standard InChI is InChI=1S/C41H36N2S2/c1-42(2)21-9-15-29-28-10-3-6-13-32(28)40-38(29)34-18-17-26(24-36(34)45-40)25-43-22-19-27(20-23-43)37-30-11-4-5-12-31(30)39-33-14-7-8-16-35(33)44-41(37)39/h3-8,10-18,24H,9,19-23,25H2,1-2H3/b29-15-. The molecule has 0 saturated carbocycles. The van der Waals surface area contributed by atoms with Crippen molar-refractivity contribution in [2.45, 2.75) is 25.8 Å². The number of hydrogen-bond acceptors (Lipinski definition) is 4. The van der Waals surface area contributed by atoms with Crippen molar-refractivity contribution in [2.24, 2.45) is 0 Å². The van der Waals surface area contributed by atoms with E-state index in [1.807, 2.05) is 22.7 Å². The normalized spacial score (nSPS) is 16.6. The fraction of sp³-hybridized carbons (Fsp3) is 0.220. The molecule has 9 rings (SSSR count). The zero-order valence-electron chi connectivity index (χ0n) is 25.9. The van der Waals surface area contributed by atoms with Gasteiger partial charge in [0.15, 0.2) is 0 Å². The zero-order valence-corrected chi connectivity index (χ0v) is 27.5. The maximum Gasteiger partial charge on any atom is 0.0440 e. The second-order valence-corrected chi connectivity index (χ2v) is 15.1. The molecule has 2 aliphatic carbocycles. The van der Waals surface area contributed by atoms with Gasteiger partial charge >= 0.3 is 0 Å². The van der Waals surface area contributed by atoms with E-state index in [2.05, 4.69) is 121 Å². The van der Waals surface area contributed by atoms with Gasteiger partial charge in [-0.15, -0.1) is 22.7 Å². The van der Waals surface area contributed by atoms with E-state index in [1.54, 1.807) is 5.57 Å². The van der Waals surface area contributed by atoms with Crippen molar-refractivity contribution in [3.05, 3.63) is 130 Å². The van der Waals surface area contributed by atoms with E-state index in [9.17, 15) is 0 Å². The van der Waals surface area contributed by atoms with Crippen molar-refractivity contribution in [2.75, 3.05) is 33.7 Å². The van der Waals surface area contributed by atoms with E-state index < -0.39 is 0 Å². The topological polar surface area (TPSA) is 6.48 Å². The third-order valence-corrected chi connectivity index (χ3v) is 12.3. The lowest BCUT2D eigenvalue weighted by Gasteiger charge is -2.29. The molecule has 222 valence electrons. The first-order valence-corrected chi connectivity index (χ1v) is 17.8. The summed E-state index contributed by atoms with van der Waals surface area (Å²) in [6.07, 6.45) is 5.82. The summed E-state index contributed by atoms with van der Waals surface area (Å²) in [7, 11) is 4.31. The van der Waals surface area contributed by atoms with Crippen molar-refractivity contribution in [1.29, 1.82) is 0 Å². The highest BCUT2D eigenvalue weighted by atomic mass is 32.1. The third-order valence-electron chi connectivity index (χ3n) is 9.92. The van der Waals surface area contributed by atoms with Gasteiger partial charge in [0.2, 0.25) is 0 Å². The minimum Gasteiger partial charge on any atom is -0.309 e. The molecule has 4 heteroatoms. The fourth-order valence-corrected chi connectivity index (χ4v) is 10.4. The first-order chi connectivity index (χ1) is 22.1. The van der Waals surface area contributed by atoms with Crippen LogP contribution in [0.2, 0.25) is 0 Å². The summed E-state index contributed by atoms with van der Waals surface area (Å²) in [6.45, 7) is 4.33. The van der Waals surface area contributed by atoms with Gasteiger partial charge in [0.25, 0.3) is 0 Å². The van der Waals surface area contributed by atoms with E-state index >= 15 is 0 Å². The zero-order chi connectivity index (χ0) is 30.1. The average molecular weight is 621 g/mol.